The third-order valence-electron chi connectivity index (χ3n) is 3.24. The highest BCUT2D eigenvalue weighted by atomic mass is 32.2. The molecule has 0 radical (unpaired) electrons. The van der Waals surface area contributed by atoms with Gasteiger partial charge in [0.2, 0.25) is 11.8 Å². The predicted octanol–water partition coefficient (Wildman–Crippen LogP) is 4.07. The van der Waals surface area contributed by atoms with Gasteiger partial charge >= 0.3 is 0 Å². The summed E-state index contributed by atoms with van der Waals surface area (Å²) in [7, 11) is 0. The van der Waals surface area contributed by atoms with Gasteiger partial charge in [-0.2, -0.15) is 0 Å². The first-order valence-electron chi connectivity index (χ1n) is 7.36. The van der Waals surface area contributed by atoms with Crippen LogP contribution in [-0.4, -0.2) is 17.1 Å². The number of aryl methyl sites for hydroxylation is 1. The molecule has 2 N–H and O–H groups in total. The van der Waals surface area contributed by atoms with Crippen LogP contribution in [0.15, 0.2) is 53.4 Å². The number of thioether (sulfide) groups is 1. The van der Waals surface area contributed by atoms with Gasteiger partial charge in [-0.1, -0.05) is 24.3 Å². The Morgan fingerprint density at radius 2 is 1.78 bits per heavy atom. The summed E-state index contributed by atoms with van der Waals surface area (Å²) >= 11 is 1.45. The van der Waals surface area contributed by atoms with Crippen LogP contribution in [0.25, 0.3) is 0 Å². The highest BCUT2D eigenvalue weighted by Crippen LogP contribution is 2.27. The Morgan fingerprint density at radius 3 is 2.48 bits per heavy atom. The van der Waals surface area contributed by atoms with Crippen LogP contribution in [0.3, 0.4) is 0 Å². The van der Waals surface area contributed by atoms with Crippen LogP contribution >= 0.6 is 11.8 Å². The van der Waals surface area contributed by atoms with Crippen molar-refractivity contribution in [1.82, 2.24) is 0 Å². The molecule has 5 heteroatoms. The molecule has 0 saturated carbocycles. The predicted molar refractivity (Wildman–Crippen MR) is 95.9 cm³/mol. The zero-order valence-corrected chi connectivity index (χ0v) is 14.2. The number of benzene rings is 2. The molecule has 120 valence electrons. The number of para-hydroxylation sites is 1. The lowest BCUT2D eigenvalue weighted by Crippen LogP contribution is -2.22. The molecule has 4 nitrogen and oxygen atoms in total. The molecule has 0 spiro atoms. The molecule has 2 amide bonds. The van der Waals surface area contributed by atoms with Crippen LogP contribution in [0.1, 0.15) is 19.4 Å². The number of carbonyl (C=O) groups is 2. The zero-order chi connectivity index (χ0) is 16.8. The smallest absolute Gasteiger partial charge is 0.237 e. The number of hydrogen-bond donors (Lipinski definition) is 2. The van der Waals surface area contributed by atoms with E-state index in [0.717, 1.165) is 21.8 Å². The minimum Gasteiger partial charge on any atom is -0.326 e. The highest BCUT2D eigenvalue weighted by Gasteiger charge is 2.15. The van der Waals surface area contributed by atoms with Gasteiger partial charge in [-0.3, -0.25) is 9.59 Å². The topological polar surface area (TPSA) is 58.2 Å². The fraction of sp³-hybridized carbons (Fsp3) is 0.222. The molecule has 1 atom stereocenters. The van der Waals surface area contributed by atoms with E-state index < -0.39 is 0 Å². The minimum atomic E-state index is -0.248. The van der Waals surface area contributed by atoms with E-state index in [1.54, 1.807) is 0 Å². The molecule has 0 saturated heterocycles. The molecule has 1 unspecified atom stereocenters. The maximum atomic E-state index is 12.3. The van der Waals surface area contributed by atoms with Crippen molar-refractivity contribution in [2.45, 2.75) is 30.9 Å². The van der Waals surface area contributed by atoms with Gasteiger partial charge in [0.05, 0.1) is 5.25 Å². The molecule has 0 heterocycles. The van der Waals surface area contributed by atoms with E-state index in [9.17, 15) is 9.59 Å². The Balaban J connectivity index is 2.01. The maximum absolute atomic E-state index is 12.3. The van der Waals surface area contributed by atoms with Gasteiger partial charge < -0.3 is 10.6 Å². The summed E-state index contributed by atoms with van der Waals surface area (Å²) in [6, 6.07) is 15.2. The van der Waals surface area contributed by atoms with E-state index in [-0.39, 0.29) is 17.1 Å². The summed E-state index contributed by atoms with van der Waals surface area (Å²) in [6.45, 7) is 5.30. The quantitative estimate of drug-likeness (QED) is 0.813. The third kappa shape index (κ3) is 5.14. The second-order valence-corrected chi connectivity index (χ2v) is 6.69. The maximum Gasteiger partial charge on any atom is 0.237 e. The Labute approximate surface area is 140 Å². The van der Waals surface area contributed by atoms with Crippen molar-refractivity contribution in [3.05, 3.63) is 54.1 Å². The van der Waals surface area contributed by atoms with Gasteiger partial charge in [-0.05, 0) is 43.7 Å². The van der Waals surface area contributed by atoms with E-state index in [1.165, 1.54) is 18.7 Å². The van der Waals surface area contributed by atoms with E-state index in [0.29, 0.717) is 0 Å². The molecule has 2 aromatic rings. The number of hydrogen-bond acceptors (Lipinski definition) is 3. The van der Waals surface area contributed by atoms with Gasteiger partial charge in [-0.25, -0.2) is 0 Å². The number of carbonyl (C=O) groups excluding carboxylic acids is 2. The summed E-state index contributed by atoms with van der Waals surface area (Å²) < 4.78 is 0. The summed E-state index contributed by atoms with van der Waals surface area (Å²) in [5.74, 6) is -0.160. The van der Waals surface area contributed by atoms with Crippen molar-refractivity contribution >= 4 is 35.0 Å². The van der Waals surface area contributed by atoms with Crippen molar-refractivity contribution < 1.29 is 9.59 Å². The van der Waals surface area contributed by atoms with Gasteiger partial charge in [0.1, 0.15) is 0 Å². The average Bonchev–Trinajstić information content (AvgIpc) is 2.49. The molecular formula is C18H20N2O2S. The fourth-order valence-corrected chi connectivity index (χ4v) is 2.98. The van der Waals surface area contributed by atoms with Crippen LogP contribution in [0.5, 0.6) is 0 Å². The molecule has 0 aliphatic carbocycles. The molecule has 23 heavy (non-hydrogen) atoms. The van der Waals surface area contributed by atoms with Gasteiger partial charge in [0, 0.05) is 23.2 Å². The molecule has 0 fully saturated rings. The van der Waals surface area contributed by atoms with Crippen molar-refractivity contribution in [2.75, 3.05) is 10.6 Å². The van der Waals surface area contributed by atoms with Crippen LogP contribution in [-0.2, 0) is 9.59 Å². The van der Waals surface area contributed by atoms with E-state index in [4.69, 9.17) is 0 Å². The first kappa shape index (κ1) is 17.1. The van der Waals surface area contributed by atoms with Gasteiger partial charge in [-0.15, -0.1) is 11.8 Å². The summed E-state index contributed by atoms with van der Waals surface area (Å²) in [5, 5.41) is 5.44. The molecule has 0 aliphatic rings. The van der Waals surface area contributed by atoms with Crippen molar-refractivity contribution in [1.29, 1.82) is 0 Å². The summed E-state index contributed by atoms with van der Waals surface area (Å²) in [6.07, 6.45) is 0. The highest BCUT2D eigenvalue weighted by molar-refractivity contribution is 8.00. The molecule has 2 aromatic carbocycles. The molecule has 0 aliphatic heterocycles. The lowest BCUT2D eigenvalue weighted by molar-refractivity contribution is -0.115. The number of amides is 2. The van der Waals surface area contributed by atoms with E-state index in [1.807, 2.05) is 62.4 Å². The number of rotatable bonds is 5. The summed E-state index contributed by atoms with van der Waals surface area (Å²) in [4.78, 5) is 24.4. The van der Waals surface area contributed by atoms with E-state index >= 15 is 0 Å². The molecular weight excluding hydrogens is 308 g/mol. The van der Waals surface area contributed by atoms with Crippen LogP contribution in [0.4, 0.5) is 11.4 Å². The zero-order valence-electron chi connectivity index (χ0n) is 13.4. The molecule has 2 rings (SSSR count). The average molecular weight is 328 g/mol. The van der Waals surface area contributed by atoms with Crippen LogP contribution < -0.4 is 10.6 Å². The number of nitrogens with one attached hydrogen (secondary N) is 2. The van der Waals surface area contributed by atoms with Crippen molar-refractivity contribution in [2.24, 2.45) is 0 Å². The van der Waals surface area contributed by atoms with Gasteiger partial charge in [0.25, 0.3) is 0 Å². The Kier molecular flexibility index (Phi) is 5.82. The largest absolute Gasteiger partial charge is 0.326 e. The van der Waals surface area contributed by atoms with Crippen molar-refractivity contribution in [3.63, 3.8) is 0 Å². The second kappa shape index (κ2) is 7.83. The fourth-order valence-electron chi connectivity index (χ4n) is 2.06. The van der Waals surface area contributed by atoms with Crippen molar-refractivity contribution in [3.8, 4) is 0 Å². The molecule has 0 aromatic heterocycles. The first-order valence-corrected chi connectivity index (χ1v) is 8.24. The first-order chi connectivity index (χ1) is 11.0. The Bertz CT molecular complexity index is 716. The second-order valence-electron chi connectivity index (χ2n) is 5.27. The van der Waals surface area contributed by atoms with Crippen LogP contribution in [0.2, 0.25) is 0 Å². The molecule has 0 bridgehead atoms. The normalized spacial score (nSPS) is 11.6. The van der Waals surface area contributed by atoms with Crippen LogP contribution in [0, 0.1) is 6.92 Å². The SMILES string of the molecule is CC(=O)Nc1cccc(SC(C)C(=O)Nc2ccccc2C)c1. The lowest BCUT2D eigenvalue weighted by Gasteiger charge is -2.14. The lowest BCUT2D eigenvalue weighted by atomic mass is 10.2. The Morgan fingerprint density at radius 1 is 1.04 bits per heavy atom. The third-order valence-corrected chi connectivity index (χ3v) is 4.33. The summed E-state index contributed by atoms with van der Waals surface area (Å²) in [5.41, 5.74) is 2.59. The monoisotopic (exact) mass is 328 g/mol. The number of anilines is 2. The Hall–Kier alpha value is -2.27. The minimum absolute atomic E-state index is 0.0470. The van der Waals surface area contributed by atoms with Gasteiger partial charge in [0.15, 0.2) is 0 Å². The standard InChI is InChI=1S/C18H20N2O2S/c1-12-7-4-5-10-17(12)20-18(22)13(2)23-16-9-6-8-15(11-16)19-14(3)21/h4-11,13H,1-3H3,(H,19,21)(H,20,22). The van der Waals surface area contributed by atoms with E-state index in [2.05, 4.69) is 10.6 Å².